The van der Waals surface area contributed by atoms with Crippen LogP contribution in [0.5, 0.6) is 0 Å². The molecule has 104 valence electrons. The number of halogens is 1. The van der Waals surface area contributed by atoms with Crippen LogP contribution in [0, 0.1) is 10.1 Å². The third-order valence-corrected chi connectivity index (χ3v) is 3.19. The zero-order valence-electron chi connectivity index (χ0n) is 10.8. The number of pyridine rings is 1. The summed E-state index contributed by atoms with van der Waals surface area (Å²) in [4.78, 5) is 14.6. The molecule has 0 spiro atoms. The van der Waals surface area contributed by atoms with Gasteiger partial charge in [0.05, 0.1) is 17.1 Å². The maximum absolute atomic E-state index is 10.9. The molecule has 20 heavy (non-hydrogen) atoms. The highest BCUT2D eigenvalue weighted by atomic mass is 79.9. The first-order valence-electron chi connectivity index (χ1n) is 5.91. The monoisotopic (exact) mass is 336 g/mol. The van der Waals surface area contributed by atoms with Gasteiger partial charge in [-0.15, -0.1) is 0 Å². The minimum Gasteiger partial charge on any atom is -0.373 e. The van der Waals surface area contributed by atoms with Crippen molar-refractivity contribution in [2.24, 2.45) is 0 Å². The van der Waals surface area contributed by atoms with Gasteiger partial charge in [0.1, 0.15) is 11.6 Å². The van der Waals surface area contributed by atoms with E-state index in [1.807, 2.05) is 24.3 Å². The largest absolute Gasteiger partial charge is 0.373 e. The first-order chi connectivity index (χ1) is 9.58. The SMILES string of the molecule is CNc1cc([N+](=O)[O-])cc(NCc2ccc(Br)cc2)n1. The second kappa shape index (κ2) is 6.33. The zero-order chi connectivity index (χ0) is 14.5. The molecule has 1 aromatic heterocycles. The van der Waals surface area contributed by atoms with Gasteiger partial charge in [0, 0.05) is 18.1 Å². The second-order valence-corrected chi connectivity index (χ2v) is 5.00. The Kier molecular flexibility index (Phi) is 4.52. The van der Waals surface area contributed by atoms with E-state index in [1.165, 1.54) is 12.1 Å². The lowest BCUT2D eigenvalue weighted by atomic mass is 10.2. The second-order valence-electron chi connectivity index (χ2n) is 4.08. The predicted molar refractivity (Wildman–Crippen MR) is 81.9 cm³/mol. The van der Waals surface area contributed by atoms with Gasteiger partial charge in [-0.25, -0.2) is 4.98 Å². The maximum atomic E-state index is 10.9. The van der Waals surface area contributed by atoms with E-state index in [-0.39, 0.29) is 5.69 Å². The third kappa shape index (κ3) is 3.67. The van der Waals surface area contributed by atoms with Crippen molar-refractivity contribution in [1.29, 1.82) is 0 Å². The number of aromatic nitrogens is 1. The van der Waals surface area contributed by atoms with E-state index in [0.717, 1.165) is 10.0 Å². The van der Waals surface area contributed by atoms with Gasteiger partial charge < -0.3 is 10.6 Å². The van der Waals surface area contributed by atoms with Crippen molar-refractivity contribution in [3.05, 3.63) is 56.5 Å². The summed E-state index contributed by atoms with van der Waals surface area (Å²) in [7, 11) is 1.67. The summed E-state index contributed by atoms with van der Waals surface area (Å²) in [5.74, 6) is 0.920. The summed E-state index contributed by atoms with van der Waals surface area (Å²) in [6, 6.07) is 10.6. The fourth-order valence-corrected chi connectivity index (χ4v) is 1.90. The van der Waals surface area contributed by atoms with Crippen LogP contribution in [0.1, 0.15) is 5.56 Å². The van der Waals surface area contributed by atoms with Gasteiger partial charge in [-0.1, -0.05) is 28.1 Å². The van der Waals surface area contributed by atoms with Gasteiger partial charge in [0.2, 0.25) is 0 Å². The molecule has 0 saturated carbocycles. The predicted octanol–water partition coefficient (Wildman–Crippen LogP) is 3.41. The molecule has 7 heteroatoms. The van der Waals surface area contributed by atoms with E-state index in [0.29, 0.717) is 18.2 Å². The third-order valence-electron chi connectivity index (χ3n) is 2.66. The van der Waals surface area contributed by atoms with E-state index in [1.54, 1.807) is 7.05 Å². The Bertz CT molecular complexity index is 616. The molecule has 1 aromatic carbocycles. The van der Waals surface area contributed by atoms with Crippen LogP contribution < -0.4 is 10.6 Å². The van der Waals surface area contributed by atoms with Crippen molar-refractivity contribution in [2.75, 3.05) is 17.7 Å². The van der Waals surface area contributed by atoms with Crippen LogP contribution >= 0.6 is 15.9 Å². The molecule has 6 nitrogen and oxygen atoms in total. The molecule has 0 aliphatic carbocycles. The van der Waals surface area contributed by atoms with Crippen LogP contribution in [-0.4, -0.2) is 17.0 Å². The highest BCUT2D eigenvalue weighted by Crippen LogP contribution is 2.21. The molecule has 0 radical (unpaired) electrons. The number of nitro groups is 1. The average Bonchev–Trinajstić information content (AvgIpc) is 2.46. The minimum absolute atomic E-state index is 0.00246. The quantitative estimate of drug-likeness (QED) is 0.646. The Labute approximate surface area is 124 Å². The molecule has 0 fully saturated rings. The molecule has 2 rings (SSSR count). The minimum atomic E-state index is -0.437. The molecule has 0 amide bonds. The first-order valence-corrected chi connectivity index (χ1v) is 6.70. The lowest BCUT2D eigenvalue weighted by molar-refractivity contribution is -0.384. The Morgan fingerprint density at radius 2 is 1.90 bits per heavy atom. The molecule has 2 aromatic rings. The number of nitrogens with zero attached hydrogens (tertiary/aromatic N) is 2. The fourth-order valence-electron chi connectivity index (χ4n) is 1.64. The van der Waals surface area contributed by atoms with Crippen LogP contribution in [0.4, 0.5) is 17.3 Å². The van der Waals surface area contributed by atoms with Gasteiger partial charge >= 0.3 is 0 Å². The first kappa shape index (κ1) is 14.3. The average molecular weight is 337 g/mol. The number of nitrogens with one attached hydrogen (secondary N) is 2. The van der Waals surface area contributed by atoms with Crippen LogP contribution in [0.2, 0.25) is 0 Å². The summed E-state index contributed by atoms with van der Waals surface area (Å²) in [6.45, 7) is 0.546. The molecule has 0 unspecified atom stereocenters. The molecule has 1 heterocycles. The fraction of sp³-hybridized carbons (Fsp3) is 0.154. The highest BCUT2D eigenvalue weighted by molar-refractivity contribution is 9.10. The van der Waals surface area contributed by atoms with Crippen LogP contribution in [-0.2, 0) is 6.54 Å². The standard InChI is InChI=1S/C13H13BrN4O2/c1-15-12-6-11(18(19)20)7-13(17-12)16-8-9-2-4-10(14)5-3-9/h2-7H,8H2,1H3,(H2,15,16,17). The van der Waals surface area contributed by atoms with Gasteiger partial charge in [0.25, 0.3) is 5.69 Å². The lowest BCUT2D eigenvalue weighted by Gasteiger charge is -2.08. The number of anilines is 2. The number of hydrogen-bond donors (Lipinski definition) is 2. The van der Waals surface area contributed by atoms with E-state index in [2.05, 4.69) is 31.5 Å². The summed E-state index contributed by atoms with van der Waals surface area (Å²) in [5, 5.41) is 16.7. The Hall–Kier alpha value is -2.15. The van der Waals surface area contributed by atoms with Gasteiger partial charge in [0.15, 0.2) is 0 Å². The summed E-state index contributed by atoms with van der Waals surface area (Å²) in [6.07, 6.45) is 0. The Morgan fingerprint density at radius 1 is 1.25 bits per heavy atom. The van der Waals surface area contributed by atoms with Crippen LogP contribution in [0.3, 0.4) is 0 Å². The summed E-state index contributed by atoms with van der Waals surface area (Å²) >= 11 is 3.37. The van der Waals surface area contributed by atoms with Gasteiger partial charge in [-0.2, -0.15) is 0 Å². The molecule has 0 saturated heterocycles. The number of benzene rings is 1. The summed E-state index contributed by atoms with van der Waals surface area (Å²) in [5.41, 5.74) is 1.06. The van der Waals surface area contributed by atoms with E-state index in [4.69, 9.17) is 0 Å². The van der Waals surface area contributed by atoms with Crippen molar-refractivity contribution in [3.8, 4) is 0 Å². The van der Waals surface area contributed by atoms with Crippen molar-refractivity contribution in [3.63, 3.8) is 0 Å². The van der Waals surface area contributed by atoms with Crippen molar-refractivity contribution in [1.82, 2.24) is 4.98 Å². The van der Waals surface area contributed by atoms with Crippen molar-refractivity contribution < 1.29 is 4.92 Å². The molecule has 0 bridgehead atoms. The molecule has 0 aliphatic rings. The zero-order valence-corrected chi connectivity index (χ0v) is 12.3. The van der Waals surface area contributed by atoms with Gasteiger partial charge in [-0.05, 0) is 17.7 Å². The van der Waals surface area contributed by atoms with Crippen LogP contribution in [0.15, 0.2) is 40.9 Å². The van der Waals surface area contributed by atoms with E-state index < -0.39 is 4.92 Å². The van der Waals surface area contributed by atoms with Gasteiger partial charge in [-0.3, -0.25) is 10.1 Å². The van der Waals surface area contributed by atoms with Crippen molar-refractivity contribution in [2.45, 2.75) is 6.54 Å². The number of hydrogen-bond acceptors (Lipinski definition) is 5. The van der Waals surface area contributed by atoms with E-state index in [9.17, 15) is 10.1 Å². The number of rotatable bonds is 5. The Balaban J connectivity index is 2.14. The Morgan fingerprint density at radius 3 is 2.50 bits per heavy atom. The van der Waals surface area contributed by atoms with E-state index >= 15 is 0 Å². The molecule has 0 aliphatic heterocycles. The molecular weight excluding hydrogens is 324 g/mol. The highest BCUT2D eigenvalue weighted by Gasteiger charge is 2.10. The molecular formula is C13H13BrN4O2. The maximum Gasteiger partial charge on any atom is 0.276 e. The smallest absolute Gasteiger partial charge is 0.276 e. The normalized spacial score (nSPS) is 10.1. The summed E-state index contributed by atoms with van der Waals surface area (Å²) < 4.78 is 1.01. The topological polar surface area (TPSA) is 80.1 Å². The lowest BCUT2D eigenvalue weighted by Crippen LogP contribution is -2.04. The van der Waals surface area contributed by atoms with Crippen molar-refractivity contribution >= 4 is 33.3 Å². The molecule has 2 N–H and O–H groups in total. The molecule has 0 atom stereocenters. The van der Waals surface area contributed by atoms with Crippen LogP contribution in [0.25, 0.3) is 0 Å².